The predicted molar refractivity (Wildman–Crippen MR) is 51.2 cm³/mol. The van der Waals surface area contributed by atoms with E-state index < -0.39 is 23.4 Å². The molecule has 4 atom stereocenters. The zero-order valence-electron chi connectivity index (χ0n) is 9.04. The van der Waals surface area contributed by atoms with Crippen molar-refractivity contribution < 1.29 is 30.0 Å². The molecular formula is C9H18O6. The van der Waals surface area contributed by atoms with Crippen molar-refractivity contribution in [2.45, 2.75) is 37.3 Å². The fourth-order valence-electron chi connectivity index (χ4n) is 1.06. The summed E-state index contributed by atoms with van der Waals surface area (Å²) in [7, 11) is 1.31. The molecular weight excluding hydrogens is 204 g/mol. The number of aldehydes is 1. The van der Waals surface area contributed by atoms with Gasteiger partial charge in [-0.05, 0) is 13.8 Å². The van der Waals surface area contributed by atoms with Gasteiger partial charge in [-0.15, -0.1) is 0 Å². The van der Waals surface area contributed by atoms with Gasteiger partial charge >= 0.3 is 0 Å². The van der Waals surface area contributed by atoms with Crippen LogP contribution >= 0.6 is 0 Å². The van der Waals surface area contributed by atoms with Crippen molar-refractivity contribution in [1.29, 1.82) is 0 Å². The minimum Gasteiger partial charge on any atom is -0.388 e. The van der Waals surface area contributed by atoms with E-state index in [0.29, 0.717) is 0 Å². The van der Waals surface area contributed by atoms with E-state index in [1.54, 1.807) is 0 Å². The molecule has 6 nitrogen and oxygen atoms in total. The molecule has 0 aromatic carbocycles. The van der Waals surface area contributed by atoms with E-state index in [9.17, 15) is 25.2 Å². The Morgan fingerprint density at radius 1 is 1.33 bits per heavy atom. The van der Waals surface area contributed by atoms with Crippen LogP contribution in [0.3, 0.4) is 0 Å². The van der Waals surface area contributed by atoms with E-state index in [2.05, 4.69) is 4.74 Å². The van der Waals surface area contributed by atoms with Gasteiger partial charge in [-0.1, -0.05) is 0 Å². The van der Waals surface area contributed by atoms with Gasteiger partial charge in [0, 0.05) is 7.11 Å². The number of methoxy groups -OCH3 is 1. The molecule has 0 aliphatic carbocycles. The predicted octanol–water partition coefficient (Wildman–Crippen LogP) is -1.94. The third-order valence-electron chi connectivity index (χ3n) is 2.53. The maximum Gasteiger partial charge on any atom is 0.154 e. The SMILES string of the molecule is COC[C@@H](O)[C@@H](O)[C@](C)(O)[C@@](C)(O)C=O. The van der Waals surface area contributed by atoms with Gasteiger partial charge in [-0.25, -0.2) is 0 Å². The zero-order chi connectivity index (χ0) is 12.3. The third kappa shape index (κ3) is 2.96. The molecule has 0 heterocycles. The van der Waals surface area contributed by atoms with E-state index >= 15 is 0 Å². The minimum absolute atomic E-state index is 0.107. The fraction of sp³-hybridized carbons (Fsp3) is 0.889. The summed E-state index contributed by atoms with van der Waals surface area (Å²) >= 11 is 0. The Hall–Kier alpha value is -0.530. The number of hydrogen-bond donors (Lipinski definition) is 4. The molecule has 4 N–H and O–H groups in total. The first-order valence-corrected chi connectivity index (χ1v) is 4.47. The van der Waals surface area contributed by atoms with Gasteiger partial charge in [0.25, 0.3) is 0 Å². The van der Waals surface area contributed by atoms with Crippen LogP contribution in [0.2, 0.25) is 0 Å². The van der Waals surface area contributed by atoms with Crippen LogP contribution in [0.1, 0.15) is 13.8 Å². The molecule has 0 aliphatic heterocycles. The molecule has 0 fully saturated rings. The highest BCUT2D eigenvalue weighted by atomic mass is 16.5. The second-order valence-corrected chi connectivity index (χ2v) is 3.88. The standard InChI is InChI=1S/C9H18O6/c1-8(13,5-10)9(2,14)7(12)6(11)4-15-3/h5-7,11-14H,4H2,1-3H3/t6-,7-,8+,9+/m1/s1. The summed E-state index contributed by atoms with van der Waals surface area (Å²) in [6.45, 7) is 1.89. The Bertz CT molecular complexity index is 213. The van der Waals surface area contributed by atoms with Gasteiger partial charge in [0.1, 0.15) is 23.4 Å². The molecule has 0 radical (unpaired) electrons. The van der Waals surface area contributed by atoms with Gasteiger partial charge in [0.2, 0.25) is 0 Å². The normalized spacial score (nSPS) is 23.7. The van der Waals surface area contributed by atoms with Crippen molar-refractivity contribution in [3.63, 3.8) is 0 Å². The molecule has 0 aromatic heterocycles. The Morgan fingerprint density at radius 2 is 1.80 bits per heavy atom. The lowest BCUT2D eigenvalue weighted by Gasteiger charge is -2.39. The first kappa shape index (κ1) is 14.5. The first-order chi connectivity index (χ1) is 6.70. The second kappa shape index (κ2) is 5.00. The zero-order valence-corrected chi connectivity index (χ0v) is 9.04. The van der Waals surface area contributed by atoms with Crippen molar-refractivity contribution in [1.82, 2.24) is 0 Å². The van der Waals surface area contributed by atoms with Gasteiger partial charge in [0.15, 0.2) is 6.29 Å². The number of carbonyl (C=O) groups excluding carboxylic acids is 1. The smallest absolute Gasteiger partial charge is 0.154 e. The van der Waals surface area contributed by atoms with Gasteiger partial charge in [-0.2, -0.15) is 0 Å². The summed E-state index contributed by atoms with van der Waals surface area (Å²) in [6.07, 6.45) is -2.98. The summed E-state index contributed by atoms with van der Waals surface area (Å²) in [5.74, 6) is 0. The molecule has 90 valence electrons. The van der Waals surface area contributed by atoms with E-state index in [4.69, 9.17) is 0 Å². The quantitative estimate of drug-likeness (QED) is 0.389. The average Bonchev–Trinajstić information content (AvgIpc) is 2.16. The number of carbonyl (C=O) groups is 1. The molecule has 0 saturated heterocycles. The first-order valence-electron chi connectivity index (χ1n) is 4.47. The third-order valence-corrected chi connectivity index (χ3v) is 2.53. The summed E-state index contributed by atoms with van der Waals surface area (Å²) in [5, 5.41) is 38.2. The van der Waals surface area contributed by atoms with Gasteiger partial charge in [0.05, 0.1) is 6.61 Å². The van der Waals surface area contributed by atoms with E-state index in [1.807, 2.05) is 0 Å². The lowest BCUT2D eigenvalue weighted by atomic mass is 9.80. The molecule has 0 unspecified atom stereocenters. The molecule has 0 spiro atoms. The highest BCUT2D eigenvalue weighted by Gasteiger charge is 2.49. The highest BCUT2D eigenvalue weighted by molar-refractivity contribution is 5.64. The van der Waals surface area contributed by atoms with Crippen LogP contribution < -0.4 is 0 Å². The molecule has 0 amide bonds. The monoisotopic (exact) mass is 222 g/mol. The summed E-state index contributed by atoms with van der Waals surface area (Å²) < 4.78 is 4.58. The molecule has 0 aromatic rings. The van der Waals surface area contributed by atoms with Crippen LogP contribution in [0.25, 0.3) is 0 Å². The van der Waals surface area contributed by atoms with Crippen LogP contribution in [0.15, 0.2) is 0 Å². The van der Waals surface area contributed by atoms with Gasteiger partial charge in [-0.3, -0.25) is 0 Å². The van der Waals surface area contributed by atoms with Gasteiger partial charge < -0.3 is 30.0 Å². The Balaban J connectivity index is 4.78. The number of aliphatic hydroxyl groups excluding tert-OH is 2. The van der Waals surface area contributed by atoms with E-state index in [0.717, 1.165) is 13.8 Å². The maximum absolute atomic E-state index is 10.5. The van der Waals surface area contributed by atoms with Crippen LogP contribution in [0, 0.1) is 0 Å². The van der Waals surface area contributed by atoms with Crippen LogP contribution in [-0.2, 0) is 9.53 Å². The Kier molecular flexibility index (Phi) is 4.82. The fourth-order valence-corrected chi connectivity index (χ4v) is 1.06. The van der Waals surface area contributed by atoms with Crippen molar-refractivity contribution >= 4 is 6.29 Å². The van der Waals surface area contributed by atoms with Crippen molar-refractivity contribution in [2.75, 3.05) is 13.7 Å². The highest BCUT2D eigenvalue weighted by Crippen LogP contribution is 2.25. The average molecular weight is 222 g/mol. The topological polar surface area (TPSA) is 107 Å². The van der Waals surface area contributed by atoms with Crippen molar-refractivity contribution in [3.8, 4) is 0 Å². The number of aliphatic hydroxyl groups is 4. The van der Waals surface area contributed by atoms with Crippen LogP contribution in [0.5, 0.6) is 0 Å². The number of rotatable bonds is 6. The molecule has 0 aliphatic rings. The second-order valence-electron chi connectivity index (χ2n) is 3.88. The molecule has 15 heavy (non-hydrogen) atoms. The van der Waals surface area contributed by atoms with Crippen LogP contribution in [-0.4, -0.2) is 63.8 Å². The molecule has 6 heteroatoms. The Labute approximate surface area is 88.1 Å². The van der Waals surface area contributed by atoms with E-state index in [1.165, 1.54) is 7.11 Å². The minimum atomic E-state index is -2.16. The molecule has 0 bridgehead atoms. The lowest BCUT2D eigenvalue weighted by Crippen LogP contribution is -2.62. The Morgan fingerprint density at radius 3 is 2.13 bits per heavy atom. The number of ether oxygens (including phenoxy) is 1. The van der Waals surface area contributed by atoms with Crippen LogP contribution in [0.4, 0.5) is 0 Å². The van der Waals surface area contributed by atoms with Crippen molar-refractivity contribution in [2.24, 2.45) is 0 Å². The largest absolute Gasteiger partial charge is 0.388 e. The molecule has 0 rings (SSSR count). The summed E-state index contributed by atoms with van der Waals surface area (Å²) in [5.41, 5.74) is -4.31. The lowest BCUT2D eigenvalue weighted by molar-refractivity contribution is -0.205. The number of hydrogen-bond acceptors (Lipinski definition) is 6. The van der Waals surface area contributed by atoms with Crippen molar-refractivity contribution in [3.05, 3.63) is 0 Å². The summed E-state index contributed by atoms with van der Waals surface area (Å²) in [4.78, 5) is 10.5. The van der Waals surface area contributed by atoms with E-state index in [-0.39, 0.29) is 12.9 Å². The summed E-state index contributed by atoms with van der Waals surface area (Å²) in [6, 6.07) is 0. The maximum atomic E-state index is 10.5. The molecule has 0 saturated carbocycles.